The standard InChI is InChI=1S/C17H24ClNO/c1-17(2)14(10-15(17)20-3)19-16(11-4-5-11)12-6-8-13(18)9-7-12/h6-9,11,14-16,19H,4-5,10H2,1-3H3. The molecule has 0 bridgehead atoms. The van der Waals surface area contributed by atoms with Crippen LogP contribution >= 0.6 is 11.6 Å². The van der Waals surface area contributed by atoms with E-state index in [2.05, 4.69) is 31.3 Å². The zero-order valence-corrected chi connectivity index (χ0v) is 13.3. The zero-order valence-electron chi connectivity index (χ0n) is 12.5. The maximum Gasteiger partial charge on any atom is 0.0652 e. The van der Waals surface area contributed by atoms with Gasteiger partial charge < -0.3 is 10.1 Å². The highest BCUT2D eigenvalue weighted by molar-refractivity contribution is 6.30. The van der Waals surface area contributed by atoms with E-state index >= 15 is 0 Å². The first-order valence-electron chi connectivity index (χ1n) is 7.56. The molecule has 0 spiro atoms. The van der Waals surface area contributed by atoms with Gasteiger partial charge in [0.05, 0.1) is 6.10 Å². The molecule has 0 saturated heterocycles. The molecule has 2 saturated carbocycles. The Morgan fingerprint density at radius 2 is 1.90 bits per heavy atom. The third-order valence-corrected chi connectivity index (χ3v) is 5.42. The predicted molar refractivity (Wildman–Crippen MR) is 83.0 cm³/mol. The van der Waals surface area contributed by atoms with Crippen LogP contribution < -0.4 is 5.32 Å². The SMILES string of the molecule is COC1CC(NC(c2ccc(Cl)cc2)C2CC2)C1(C)C. The number of benzene rings is 1. The van der Waals surface area contributed by atoms with Crippen molar-refractivity contribution in [1.82, 2.24) is 5.32 Å². The molecule has 2 aliphatic rings. The van der Waals surface area contributed by atoms with Crippen molar-refractivity contribution < 1.29 is 4.74 Å². The third-order valence-electron chi connectivity index (χ3n) is 5.17. The van der Waals surface area contributed by atoms with Crippen LogP contribution in [0.5, 0.6) is 0 Å². The highest BCUT2D eigenvalue weighted by atomic mass is 35.5. The summed E-state index contributed by atoms with van der Waals surface area (Å²) in [5.74, 6) is 0.786. The van der Waals surface area contributed by atoms with Crippen LogP contribution in [-0.2, 0) is 4.74 Å². The van der Waals surface area contributed by atoms with Crippen LogP contribution in [0, 0.1) is 11.3 Å². The Kier molecular flexibility index (Phi) is 3.83. The van der Waals surface area contributed by atoms with Crippen LogP contribution in [0.2, 0.25) is 5.02 Å². The van der Waals surface area contributed by atoms with E-state index in [4.69, 9.17) is 16.3 Å². The lowest BCUT2D eigenvalue weighted by molar-refractivity contribution is -0.101. The Morgan fingerprint density at radius 1 is 1.25 bits per heavy atom. The van der Waals surface area contributed by atoms with Gasteiger partial charge in [0, 0.05) is 29.6 Å². The van der Waals surface area contributed by atoms with E-state index in [1.807, 2.05) is 19.2 Å². The van der Waals surface area contributed by atoms with Gasteiger partial charge in [-0.1, -0.05) is 37.6 Å². The largest absolute Gasteiger partial charge is 0.381 e. The molecule has 1 aromatic carbocycles. The van der Waals surface area contributed by atoms with Crippen molar-refractivity contribution in [3.05, 3.63) is 34.9 Å². The van der Waals surface area contributed by atoms with E-state index in [9.17, 15) is 0 Å². The minimum atomic E-state index is 0.217. The number of nitrogens with one attached hydrogen (secondary N) is 1. The molecule has 1 aromatic rings. The zero-order chi connectivity index (χ0) is 14.3. The molecule has 3 rings (SSSR count). The van der Waals surface area contributed by atoms with Crippen molar-refractivity contribution in [2.24, 2.45) is 11.3 Å². The van der Waals surface area contributed by atoms with Gasteiger partial charge in [-0.25, -0.2) is 0 Å². The van der Waals surface area contributed by atoms with Crippen molar-refractivity contribution in [2.45, 2.75) is 51.3 Å². The number of rotatable bonds is 5. The summed E-state index contributed by atoms with van der Waals surface area (Å²) in [5.41, 5.74) is 1.59. The topological polar surface area (TPSA) is 21.3 Å². The van der Waals surface area contributed by atoms with Gasteiger partial charge in [0.15, 0.2) is 0 Å². The van der Waals surface area contributed by atoms with E-state index in [0.717, 1.165) is 17.4 Å². The van der Waals surface area contributed by atoms with Crippen molar-refractivity contribution in [3.63, 3.8) is 0 Å². The Morgan fingerprint density at radius 3 is 2.40 bits per heavy atom. The second-order valence-corrected chi connectivity index (χ2v) is 7.30. The average Bonchev–Trinajstić information content (AvgIpc) is 3.24. The molecule has 3 heteroatoms. The Labute approximate surface area is 126 Å². The van der Waals surface area contributed by atoms with Crippen LogP contribution in [0.25, 0.3) is 0 Å². The Bertz CT molecular complexity index is 466. The van der Waals surface area contributed by atoms with E-state index < -0.39 is 0 Å². The van der Waals surface area contributed by atoms with Gasteiger partial charge >= 0.3 is 0 Å². The van der Waals surface area contributed by atoms with Gasteiger partial charge in [-0.2, -0.15) is 0 Å². The fourth-order valence-electron chi connectivity index (χ4n) is 3.39. The summed E-state index contributed by atoms with van der Waals surface area (Å²) in [6, 6.07) is 9.33. The monoisotopic (exact) mass is 293 g/mol. The van der Waals surface area contributed by atoms with Gasteiger partial charge in [0.1, 0.15) is 0 Å². The highest BCUT2D eigenvalue weighted by Gasteiger charge is 2.50. The first kappa shape index (κ1) is 14.4. The average molecular weight is 294 g/mol. The summed E-state index contributed by atoms with van der Waals surface area (Å²) < 4.78 is 5.55. The normalized spacial score (nSPS) is 29.8. The molecule has 110 valence electrons. The van der Waals surface area contributed by atoms with Gasteiger partial charge in [0.25, 0.3) is 0 Å². The lowest BCUT2D eigenvalue weighted by Crippen LogP contribution is -2.61. The molecule has 2 aliphatic carbocycles. The minimum absolute atomic E-state index is 0.217. The molecule has 1 N–H and O–H groups in total. The maximum atomic E-state index is 6.00. The van der Waals surface area contributed by atoms with E-state index in [-0.39, 0.29) is 5.41 Å². The molecule has 0 amide bonds. The molecule has 0 heterocycles. The molecule has 0 aliphatic heterocycles. The van der Waals surface area contributed by atoms with Crippen LogP contribution in [-0.4, -0.2) is 19.3 Å². The summed E-state index contributed by atoms with van der Waals surface area (Å²) in [4.78, 5) is 0. The van der Waals surface area contributed by atoms with Crippen molar-refractivity contribution in [3.8, 4) is 0 Å². The Balaban J connectivity index is 1.71. The number of hydrogen-bond acceptors (Lipinski definition) is 2. The number of ether oxygens (including phenoxy) is 1. The molecular weight excluding hydrogens is 270 g/mol. The highest BCUT2D eigenvalue weighted by Crippen LogP contribution is 2.47. The summed E-state index contributed by atoms with van der Waals surface area (Å²) in [7, 11) is 1.82. The Hall–Kier alpha value is -0.570. The molecule has 3 atom stereocenters. The number of halogens is 1. The van der Waals surface area contributed by atoms with Crippen LogP contribution in [0.1, 0.15) is 44.7 Å². The van der Waals surface area contributed by atoms with Crippen molar-refractivity contribution >= 4 is 11.6 Å². The van der Waals surface area contributed by atoms with Crippen LogP contribution in [0.15, 0.2) is 24.3 Å². The fraction of sp³-hybridized carbons (Fsp3) is 0.647. The lowest BCUT2D eigenvalue weighted by atomic mass is 9.64. The number of hydrogen-bond donors (Lipinski definition) is 1. The summed E-state index contributed by atoms with van der Waals surface area (Å²) >= 11 is 6.00. The van der Waals surface area contributed by atoms with Gasteiger partial charge in [-0.05, 0) is 42.9 Å². The quantitative estimate of drug-likeness (QED) is 0.879. The molecule has 3 unspecified atom stereocenters. The fourth-order valence-corrected chi connectivity index (χ4v) is 3.52. The number of methoxy groups -OCH3 is 1. The second-order valence-electron chi connectivity index (χ2n) is 6.87. The lowest BCUT2D eigenvalue weighted by Gasteiger charge is -2.52. The molecule has 2 nitrogen and oxygen atoms in total. The second kappa shape index (κ2) is 5.32. The van der Waals surface area contributed by atoms with E-state index in [1.165, 1.54) is 18.4 Å². The minimum Gasteiger partial charge on any atom is -0.381 e. The molecule has 0 aromatic heterocycles. The molecule has 0 radical (unpaired) electrons. The first-order valence-corrected chi connectivity index (χ1v) is 7.94. The summed E-state index contributed by atoms with van der Waals surface area (Å²) in [5, 5.41) is 4.69. The van der Waals surface area contributed by atoms with Crippen molar-refractivity contribution in [2.75, 3.05) is 7.11 Å². The van der Waals surface area contributed by atoms with E-state index in [0.29, 0.717) is 18.2 Å². The van der Waals surface area contributed by atoms with Crippen LogP contribution in [0.3, 0.4) is 0 Å². The maximum absolute atomic E-state index is 6.00. The third kappa shape index (κ3) is 2.61. The molecule has 20 heavy (non-hydrogen) atoms. The molecular formula is C17H24ClNO. The molecule has 2 fully saturated rings. The van der Waals surface area contributed by atoms with Gasteiger partial charge in [0.2, 0.25) is 0 Å². The predicted octanol–water partition coefficient (Wildman–Crippen LogP) is 4.19. The van der Waals surface area contributed by atoms with Crippen LogP contribution in [0.4, 0.5) is 0 Å². The summed E-state index contributed by atoms with van der Waals surface area (Å²) in [6.07, 6.45) is 4.16. The van der Waals surface area contributed by atoms with E-state index in [1.54, 1.807) is 0 Å². The van der Waals surface area contributed by atoms with Gasteiger partial charge in [-0.3, -0.25) is 0 Å². The first-order chi connectivity index (χ1) is 9.52. The summed E-state index contributed by atoms with van der Waals surface area (Å²) in [6.45, 7) is 4.60. The van der Waals surface area contributed by atoms with Crippen molar-refractivity contribution in [1.29, 1.82) is 0 Å². The van der Waals surface area contributed by atoms with Gasteiger partial charge in [-0.15, -0.1) is 0 Å². The smallest absolute Gasteiger partial charge is 0.0652 e.